The number of aldehydes is 1. The van der Waals surface area contributed by atoms with E-state index in [-0.39, 0.29) is 0 Å². The van der Waals surface area contributed by atoms with E-state index in [1.807, 2.05) is 42.5 Å². The van der Waals surface area contributed by atoms with Crippen LogP contribution in [0.3, 0.4) is 0 Å². The van der Waals surface area contributed by atoms with Crippen LogP contribution in [0.2, 0.25) is 0 Å². The first-order valence-corrected chi connectivity index (χ1v) is 5.89. The molecule has 96 valence electrons. The molecule has 0 aliphatic heterocycles. The predicted octanol–water partition coefficient (Wildman–Crippen LogP) is 2.64. The van der Waals surface area contributed by atoms with Crippen molar-refractivity contribution in [2.45, 2.75) is 6.42 Å². The van der Waals surface area contributed by atoms with Gasteiger partial charge in [-0.3, -0.25) is 4.90 Å². The van der Waals surface area contributed by atoms with Crippen molar-refractivity contribution >= 4 is 23.7 Å². The molecule has 2 amide bonds. The molecule has 19 heavy (non-hydrogen) atoms. The van der Waals surface area contributed by atoms with Gasteiger partial charge in [-0.1, -0.05) is 30.3 Å². The number of hydrogen-bond donors (Lipinski definition) is 1. The average molecular weight is 254 g/mol. The highest BCUT2D eigenvalue weighted by Gasteiger charge is 2.14. The predicted molar refractivity (Wildman–Crippen MR) is 74.4 cm³/mol. The van der Waals surface area contributed by atoms with Crippen LogP contribution in [0.4, 0.5) is 16.2 Å². The number of anilines is 2. The molecule has 2 aromatic rings. The Morgan fingerprint density at radius 1 is 1.00 bits per heavy atom. The average Bonchev–Trinajstić information content (AvgIpc) is 2.42. The maximum absolute atomic E-state index is 11.6. The summed E-state index contributed by atoms with van der Waals surface area (Å²) in [7, 11) is 0. The zero-order chi connectivity index (χ0) is 13.7. The first kappa shape index (κ1) is 12.8. The van der Waals surface area contributed by atoms with Gasteiger partial charge in [0, 0.05) is 6.42 Å². The van der Waals surface area contributed by atoms with Crippen molar-refractivity contribution in [3.8, 4) is 0 Å². The van der Waals surface area contributed by atoms with E-state index in [9.17, 15) is 9.59 Å². The summed E-state index contributed by atoms with van der Waals surface area (Å²) in [6, 6.07) is 15.8. The van der Waals surface area contributed by atoms with Gasteiger partial charge < -0.3 is 10.5 Å². The molecule has 0 saturated carbocycles. The van der Waals surface area contributed by atoms with Crippen molar-refractivity contribution in [1.29, 1.82) is 0 Å². The molecule has 0 fully saturated rings. The van der Waals surface area contributed by atoms with Gasteiger partial charge in [0.1, 0.15) is 6.29 Å². The number of rotatable bonds is 4. The number of amides is 2. The molecule has 0 unspecified atom stereocenters. The van der Waals surface area contributed by atoms with Crippen molar-refractivity contribution in [1.82, 2.24) is 0 Å². The van der Waals surface area contributed by atoms with E-state index < -0.39 is 6.03 Å². The lowest BCUT2D eigenvalue weighted by molar-refractivity contribution is -0.107. The van der Waals surface area contributed by atoms with Gasteiger partial charge in [-0.15, -0.1) is 0 Å². The molecule has 2 aromatic carbocycles. The first-order valence-electron chi connectivity index (χ1n) is 5.89. The van der Waals surface area contributed by atoms with Gasteiger partial charge >= 0.3 is 6.03 Å². The summed E-state index contributed by atoms with van der Waals surface area (Å²) in [5, 5.41) is 0. The zero-order valence-electron chi connectivity index (χ0n) is 10.3. The highest BCUT2D eigenvalue weighted by Crippen LogP contribution is 2.25. The van der Waals surface area contributed by atoms with E-state index in [2.05, 4.69) is 0 Å². The minimum Gasteiger partial charge on any atom is -0.351 e. The summed E-state index contributed by atoms with van der Waals surface area (Å²) in [4.78, 5) is 23.5. The number of nitrogens with two attached hydrogens (primary N) is 1. The normalized spacial score (nSPS) is 9.89. The minimum atomic E-state index is -0.547. The van der Waals surface area contributed by atoms with Crippen molar-refractivity contribution in [2.24, 2.45) is 5.73 Å². The number of hydrogen-bond acceptors (Lipinski definition) is 2. The van der Waals surface area contributed by atoms with Crippen LogP contribution in [0, 0.1) is 0 Å². The molecule has 0 radical (unpaired) electrons. The molecule has 0 saturated heterocycles. The van der Waals surface area contributed by atoms with Gasteiger partial charge in [0.05, 0.1) is 11.4 Å². The Morgan fingerprint density at radius 3 is 2.11 bits per heavy atom. The molecule has 0 aromatic heterocycles. The van der Waals surface area contributed by atoms with E-state index in [0.29, 0.717) is 17.8 Å². The van der Waals surface area contributed by atoms with Gasteiger partial charge in [-0.25, -0.2) is 4.79 Å². The van der Waals surface area contributed by atoms with Gasteiger partial charge in [0.2, 0.25) is 0 Å². The summed E-state index contributed by atoms with van der Waals surface area (Å²) < 4.78 is 0. The smallest absolute Gasteiger partial charge is 0.323 e. The molecular weight excluding hydrogens is 240 g/mol. The Labute approximate surface area is 111 Å². The van der Waals surface area contributed by atoms with Crippen LogP contribution in [-0.4, -0.2) is 12.3 Å². The fourth-order valence-corrected chi connectivity index (χ4v) is 1.86. The monoisotopic (exact) mass is 254 g/mol. The van der Waals surface area contributed by atoms with Gasteiger partial charge in [0.15, 0.2) is 0 Å². The molecule has 0 heterocycles. The van der Waals surface area contributed by atoms with Crippen LogP contribution < -0.4 is 10.6 Å². The van der Waals surface area contributed by atoms with Crippen LogP contribution in [0.25, 0.3) is 0 Å². The number of para-hydroxylation sites is 1. The molecule has 0 aliphatic carbocycles. The third kappa shape index (κ3) is 2.98. The lowest BCUT2D eigenvalue weighted by atomic mass is 10.1. The number of nitrogens with zero attached hydrogens (tertiary/aromatic N) is 1. The highest BCUT2D eigenvalue weighted by atomic mass is 16.2. The molecule has 0 bridgehead atoms. The summed E-state index contributed by atoms with van der Waals surface area (Å²) in [5.41, 5.74) is 7.71. The zero-order valence-corrected chi connectivity index (χ0v) is 10.3. The molecular formula is C15H14N2O2. The summed E-state index contributed by atoms with van der Waals surface area (Å²) in [5.74, 6) is 0. The van der Waals surface area contributed by atoms with Crippen molar-refractivity contribution in [3.63, 3.8) is 0 Å². The second-order valence-corrected chi connectivity index (χ2v) is 4.05. The SMILES string of the molecule is NC(=O)N(c1ccccc1)c1ccc(CC=O)cc1. The van der Waals surface area contributed by atoms with Gasteiger partial charge in [0.25, 0.3) is 0 Å². The van der Waals surface area contributed by atoms with Crippen molar-refractivity contribution < 1.29 is 9.59 Å². The Hall–Kier alpha value is -2.62. The van der Waals surface area contributed by atoms with Crippen LogP contribution in [0.5, 0.6) is 0 Å². The van der Waals surface area contributed by atoms with Gasteiger partial charge in [-0.2, -0.15) is 0 Å². The van der Waals surface area contributed by atoms with E-state index in [1.54, 1.807) is 12.1 Å². The third-order valence-electron chi connectivity index (χ3n) is 2.75. The number of benzene rings is 2. The fourth-order valence-electron chi connectivity index (χ4n) is 1.86. The Kier molecular flexibility index (Phi) is 3.93. The highest BCUT2D eigenvalue weighted by molar-refractivity contribution is 5.98. The molecule has 0 spiro atoms. The lowest BCUT2D eigenvalue weighted by Gasteiger charge is -2.20. The largest absolute Gasteiger partial charge is 0.351 e. The molecule has 4 nitrogen and oxygen atoms in total. The van der Waals surface area contributed by atoms with E-state index in [1.165, 1.54) is 4.90 Å². The van der Waals surface area contributed by atoms with Crippen LogP contribution >= 0.6 is 0 Å². The molecule has 4 heteroatoms. The molecule has 2 N–H and O–H groups in total. The molecule has 0 aliphatic rings. The Morgan fingerprint density at radius 2 is 1.58 bits per heavy atom. The second-order valence-electron chi connectivity index (χ2n) is 4.05. The number of primary amides is 1. The maximum Gasteiger partial charge on any atom is 0.323 e. The Balaban J connectivity index is 2.35. The number of urea groups is 1. The third-order valence-corrected chi connectivity index (χ3v) is 2.75. The quantitative estimate of drug-likeness (QED) is 0.852. The summed E-state index contributed by atoms with van der Waals surface area (Å²) >= 11 is 0. The number of carbonyl (C=O) groups is 2. The standard InChI is InChI=1S/C15H14N2O2/c16-15(19)17(13-4-2-1-3-5-13)14-8-6-12(7-9-14)10-11-18/h1-9,11H,10H2,(H2,16,19). The van der Waals surface area contributed by atoms with Crippen molar-refractivity contribution in [3.05, 3.63) is 60.2 Å². The lowest BCUT2D eigenvalue weighted by Crippen LogP contribution is -2.31. The topological polar surface area (TPSA) is 63.4 Å². The van der Waals surface area contributed by atoms with Crippen LogP contribution in [0.15, 0.2) is 54.6 Å². The fraction of sp³-hybridized carbons (Fsp3) is 0.0667. The summed E-state index contributed by atoms with van der Waals surface area (Å²) in [6.07, 6.45) is 1.21. The molecule has 2 rings (SSSR count). The van der Waals surface area contributed by atoms with Crippen molar-refractivity contribution in [2.75, 3.05) is 4.90 Å². The van der Waals surface area contributed by atoms with Gasteiger partial charge in [-0.05, 0) is 29.8 Å². The first-order chi connectivity index (χ1) is 9.22. The molecule has 0 atom stereocenters. The maximum atomic E-state index is 11.6. The number of carbonyl (C=O) groups excluding carboxylic acids is 2. The van der Waals surface area contributed by atoms with E-state index >= 15 is 0 Å². The van der Waals surface area contributed by atoms with E-state index in [4.69, 9.17) is 5.73 Å². The van der Waals surface area contributed by atoms with E-state index in [0.717, 1.165) is 11.8 Å². The second kappa shape index (κ2) is 5.82. The minimum absolute atomic E-state index is 0.363. The van der Waals surface area contributed by atoms with Crippen LogP contribution in [0.1, 0.15) is 5.56 Å². The van der Waals surface area contributed by atoms with Crippen LogP contribution in [-0.2, 0) is 11.2 Å². The summed E-state index contributed by atoms with van der Waals surface area (Å²) in [6.45, 7) is 0. The Bertz CT molecular complexity index is 564.